The Hall–Kier alpha value is -1.25. The minimum atomic E-state index is -3.99. The highest BCUT2D eigenvalue weighted by atomic mass is 127. The van der Waals surface area contributed by atoms with Gasteiger partial charge >= 0.3 is 5.97 Å². The molecule has 0 unspecified atom stereocenters. The van der Waals surface area contributed by atoms with Gasteiger partial charge in [-0.15, -0.1) is 0 Å². The Balaban J connectivity index is 4.79. The van der Waals surface area contributed by atoms with Gasteiger partial charge in [0, 0.05) is 41.0 Å². The number of carbonyl (C=O) groups is 1. The van der Waals surface area contributed by atoms with Crippen molar-refractivity contribution in [2.75, 3.05) is 13.2 Å². The lowest BCUT2D eigenvalue weighted by molar-refractivity contribution is -0.144. The molecule has 0 saturated heterocycles. The summed E-state index contributed by atoms with van der Waals surface area (Å²) in [5.74, 6) is 8.28. The van der Waals surface area contributed by atoms with E-state index in [-0.39, 0.29) is 13.2 Å². The van der Waals surface area contributed by atoms with Gasteiger partial charge < -0.3 is 10.5 Å². The zero-order valence-corrected chi connectivity index (χ0v) is 13.0. The lowest BCUT2D eigenvalue weighted by Crippen LogP contribution is -2.46. The Morgan fingerprint density at radius 1 is 1.37 bits per heavy atom. The molecule has 0 aliphatic heterocycles. The van der Waals surface area contributed by atoms with Crippen molar-refractivity contribution in [1.82, 2.24) is 4.72 Å². The molecule has 6 nitrogen and oxygen atoms in total. The summed E-state index contributed by atoms with van der Waals surface area (Å²) in [5, 5.41) is 1.88. The van der Waals surface area contributed by atoms with Crippen LogP contribution >= 0.6 is 22.6 Å². The molecule has 0 rings (SSSR count). The topological polar surface area (TPSA) is 98.5 Å². The van der Waals surface area contributed by atoms with Gasteiger partial charge in [0.25, 0.3) is 10.0 Å². The van der Waals surface area contributed by atoms with Crippen LogP contribution in [0.3, 0.4) is 0 Å². The van der Waals surface area contributed by atoms with E-state index in [2.05, 4.69) is 32.3 Å². The van der Waals surface area contributed by atoms with Crippen LogP contribution in [0.1, 0.15) is 6.92 Å². The van der Waals surface area contributed by atoms with Crippen molar-refractivity contribution in [2.24, 2.45) is 5.73 Å². The van der Waals surface area contributed by atoms with Gasteiger partial charge in [0.1, 0.15) is 6.04 Å². The fraction of sp³-hybridized carbons (Fsp3) is 0.364. The van der Waals surface area contributed by atoms with Gasteiger partial charge in [-0.3, -0.25) is 4.79 Å². The Labute approximate surface area is 126 Å². The number of nitrogens with one attached hydrogen (secondary N) is 1. The van der Waals surface area contributed by atoms with Crippen molar-refractivity contribution in [2.45, 2.75) is 13.0 Å². The highest BCUT2D eigenvalue weighted by Crippen LogP contribution is 1.91. The van der Waals surface area contributed by atoms with Gasteiger partial charge in [0.15, 0.2) is 0 Å². The average Bonchev–Trinajstić information content (AvgIpc) is 2.36. The molecule has 0 amide bonds. The van der Waals surface area contributed by atoms with E-state index in [1.165, 1.54) is 0 Å². The maximum atomic E-state index is 11.5. The highest BCUT2D eigenvalue weighted by molar-refractivity contribution is 14.1. The first-order chi connectivity index (χ1) is 8.96. The van der Waals surface area contributed by atoms with Crippen LogP contribution in [0, 0.1) is 32.9 Å². The van der Waals surface area contributed by atoms with Crippen LogP contribution in [-0.2, 0) is 19.6 Å². The number of hydrogen-bond acceptors (Lipinski definition) is 5. The number of rotatable bonds is 5. The second-order valence-electron chi connectivity index (χ2n) is 2.86. The molecule has 0 aliphatic rings. The Morgan fingerprint density at radius 3 is 2.53 bits per heavy atom. The standard InChI is InChI=1S/C11H11IN2O4S/c1-2-18-11(15)10(9-13)14-19(16,17)8-6-4-3-5-7-12/h10,14H,2,9,13H2,1H3/t10-/m1/s1. The van der Waals surface area contributed by atoms with E-state index >= 15 is 0 Å². The molecular formula is C11H11IN2O4S. The first-order valence-corrected chi connectivity index (χ1v) is 7.54. The number of nitrogens with two attached hydrogens (primary N) is 1. The van der Waals surface area contributed by atoms with Gasteiger partial charge in [-0.05, 0) is 22.7 Å². The number of ether oxygens (including phenoxy) is 1. The van der Waals surface area contributed by atoms with Crippen molar-refractivity contribution < 1.29 is 17.9 Å². The molecule has 0 saturated carbocycles. The molecule has 0 aromatic carbocycles. The quantitative estimate of drug-likeness (QED) is 0.360. The predicted octanol–water partition coefficient (Wildman–Crippen LogP) is -0.844. The minimum absolute atomic E-state index is 0.128. The summed E-state index contributed by atoms with van der Waals surface area (Å²) in [4.78, 5) is 11.3. The molecule has 0 aliphatic carbocycles. The van der Waals surface area contributed by atoms with Gasteiger partial charge in [-0.1, -0.05) is 0 Å². The van der Waals surface area contributed by atoms with Crippen LogP contribution in [0.25, 0.3) is 0 Å². The summed E-state index contributed by atoms with van der Waals surface area (Å²) in [7, 11) is -3.99. The lowest BCUT2D eigenvalue weighted by atomic mass is 10.3. The number of esters is 1. The van der Waals surface area contributed by atoms with Gasteiger partial charge in [-0.2, -0.15) is 13.1 Å². The van der Waals surface area contributed by atoms with Crippen molar-refractivity contribution >= 4 is 38.6 Å². The molecular weight excluding hydrogens is 383 g/mol. The Bertz CT molecular complexity index is 596. The fourth-order valence-electron chi connectivity index (χ4n) is 0.831. The molecule has 19 heavy (non-hydrogen) atoms. The number of halogens is 1. The summed E-state index contributed by atoms with van der Waals surface area (Å²) in [6.45, 7) is 1.50. The average molecular weight is 394 g/mol. The molecule has 0 heterocycles. The molecule has 1 atom stereocenters. The normalized spacial score (nSPS) is 10.7. The third-order valence-electron chi connectivity index (χ3n) is 1.52. The molecule has 0 aromatic rings. The summed E-state index contributed by atoms with van der Waals surface area (Å²) >= 11 is 1.78. The van der Waals surface area contributed by atoms with Crippen molar-refractivity contribution in [1.29, 1.82) is 0 Å². The van der Waals surface area contributed by atoms with E-state index < -0.39 is 22.0 Å². The summed E-state index contributed by atoms with van der Waals surface area (Å²) < 4.78 is 32.1. The molecule has 0 radical (unpaired) electrons. The van der Waals surface area contributed by atoms with Crippen LogP contribution in [0.2, 0.25) is 0 Å². The maximum absolute atomic E-state index is 11.5. The van der Waals surface area contributed by atoms with Crippen LogP contribution in [0.5, 0.6) is 0 Å². The van der Waals surface area contributed by atoms with E-state index in [0.717, 1.165) is 0 Å². The van der Waals surface area contributed by atoms with Crippen LogP contribution in [0.15, 0.2) is 0 Å². The molecule has 8 heteroatoms. The zero-order chi connectivity index (χ0) is 14.7. The predicted molar refractivity (Wildman–Crippen MR) is 78.9 cm³/mol. The van der Waals surface area contributed by atoms with Crippen LogP contribution in [-0.4, -0.2) is 33.6 Å². The van der Waals surface area contributed by atoms with E-state index in [9.17, 15) is 13.2 Å². The number of carbonyl (C=O) groups excluding carboxylic acids is 1. The first-order valence-electron chi connectivity index (χ1n) is 4.98. The lowest BCUT2D eigenvalue weighted by Gasteiger charge is -2.12. The number of sulfonamides is 1. The smallest absolute Gasteiger partial charge is 0.325 e. The van der Waals surface area contributed by atoms with E-state index in [1.807, 2.05) is 9.97 Å². The molecule has 0 spiro atoms. The molecule has 0 fully saturated rings. The van der Waals surface area contributed by atoms with E-state index in [0.29, 0.717) is 0 Å². The van der Waals surface area contributed by atoms with Crippen molar-refractivity contribution in [3.05, 3.63) is 0 Å². The first kappa shape index (κ1) is 17.8. The van der Waals surface area contributed by atoms with E-state index in [1.54, 1.807) is 29.5 Å². The molecule has 102 valence electrons. The van der Waals surface area contributed by atoms with Crippen LogP contribution < -0.4 is 10.5 Å². The Morgan fingerprint density at radius 2 is 2.00 bits per heavy atom. The second kappa shape index (κ2) is 9.65. The Kier molecular flexibility index (Phi) is 9.02. The summed E-state index contributed by atoms with van der Waals surface area (Å²) in [6.07, 6.45) is 0. The highest BCUT2D eigenvalue weighted by Gasteiger charge is 2.22. The summed E-state index contributed by atoms with van der Waals surface area (Å²) in [6, 6.07) is -1.17. The van der Waals surface area contributed by atoms with Gasteiger partial charge in [-0.25, -0.2) is 0 Å². The zero-order valence-electron chi connectivity index (χ0n) is 9.99. The maximum Gasteiger partial charge on any atom is 0.325 e. The monoisotopic (exact) mass is 394 g/mol. The molecule has 3 N–H and O–H groups in total. The third kappa shape index (κ3) is 8.46. The van der Waals surface area contributed by atoms with Crippen molar-refractivity contribution in [3.8, 4) is 32.9 Å². The van der Waals surface area contributed by atoms with E-state index in [4.69, 9.17) is 5.73 Å². The van der Waals surface area contributed by atoms with Gasteiger partial charge in [0.05, 0.1) is 11.9 Å². The molecule has 0 bridgehead atoms. The second-order valence-corrected chi connectivity index (χ2v) is 4.84. The largest absolute Gasteiger partial charge is 0.465 e. The van der Waals surface area contributed by atoms with Gasteiger partial charge in [0.2, 0.25) is 0 Å². The SMILES string of the molecule is CCOC(=O)[C@@H](CN)NS(=O)(=O)C#CC#CC#CI. The fourth-order valence-corrected chi connectivity index (χ4v) is 1.78. The van der Waals surface area contributed by atoms with Crippen molar-refractivity contribution in [3.63, 3.8) is 0 Å². The summed E-state index contributed by atoms with van der Waals surface area (Å²) in [5.41, 5.74) is 5.28. The third-order valence-corrected chi connectivity index (χ3v) is 2.76. The number of hydrogen-bond donors (Lipinski definition) is 2. The van der Waals surface area contributed by atoms with Crippen LogP contribution in [0.4, 0.5) is 0 Å². The minimum Gasteiger partial charge on any atom is -0.465 e. The molecule has 0 aromatic heterocycles.